The number of carbonyl (C=O) groups is 6. The standard InChI is InChI=1S/C37H61N5O10/c1-35(2,3)50-32(46)39-22-24-42(25-23-40-33(47)51-36(4,5)6)29(43)20-19-28(41-34(48)52-37(7,8)9)31(45)38-21-15-11-14-18-30(44)49-26-27-16-12-10-13-17-27/h10,12-13,16-17,28H,11,14-15,18-26H2,1-9H3,(H,38,45)(H,39,46)(H,40,47)(H,41,48)/t28-/m0/s1. The first-order valence-corrected chi connectivity index (χ1v) is 17.8. The van der Waals surface area contributed by atoms with E-state index in [1.807, 2.05) is 30.3 Å². The minimum atomic E-state index is -1.09. The molecule has 0 heterocycles. The van der Waals surface area contributed by atoms with Crippen molar-refractivity contribution in [3.8, 4) is 0 Å². The molecule has 15 heteroatoms. The van der Waals surface area contributed by atoms with Gasteiger partial charge in [-0.3, -0.25) is 14.4 Å². The fraction of sp³-hybridized carbons (Fsp3) is 0.676. The van der Waals surface area contributed by atoms with Crippen molar-refractivity contribution in [3.63, 3.8) is 0 Å². The van der Waals surface area contributed by atoms with Crippen LogP contribution in [0.4, 0.5) is 14.4 Å². The van der Waals surface area contributed by atoms with Gasteiger partial charge in [0.15, 0.2) is 0 Å². The Morgan fingerprint density at radius 2 is 1.15 bits per heavy atom. The number of rotatable bonds is 19. The second kappa shape index (κ2) is 22.4. The molecular weight excluding hydrogens is 674 g/mol. The third-order valence-corrected chi connectivity index (χ3v) is 6.71. The Labute approximate surface area is 308 Å². The van der Waals surface area contributed by atoms with E-state index in [1.54, 1.807) is 62.3 Å². The lowest BCUT2D eigenvalue weighted by Gasteiger charge is -2.26. The van der Waals surface area contributed by atoms with E-state index in [1.165, 1.54) is 4.90 Å². The summed E-state index contributed by atoms with van der Waals surface area (Å²) in [5.74, 6) is -1.17. The predicted octanol–water partition coefficient (Wildman–Crippen LogP) is 4.96. The summed E-state index contributed by atoms with van der Waals surface area (Å²) in [6, 6.07) is 8.32. The molecule has 0 saturated heterocycles. The molecule has 0 spiro atoms. The zero-order valence-electron chi connectivity index (χ0n) is 32.5. The molecule has 0 fully saturated rings. The number of alkyl carbamates (subject to hydrolysis) is 3. The van der Waals surface area contributed by atoms with E-state index in [2.05, 4.69) is 21.3 Å². The molecule has 0 unspecified atom stereocenters. The summed E-state index contributed by atoms with van der Waals surface area (Å²) >= 11 is 0. The number of hydrogen-bond donors (Lipinski definition) is 4. The summed E-state index contributed by atoms with van der Waals surface area (Å²) in [4.78, 5) is 77.1. The van der Waals surface area contributed by atoms with Gasteiger partial charge in [-0.1, -0.05) is 36.8 Å². The van der Waals surface area contributed by atoms with Crippen LogP contribution in [0.1, 0.15) is 106 Å². The first-order valence-electron chi connectivity index (χ1n) is 17.8. The Balaban J connectivity index is 2.77. The average Bonchev–Trinajstić information content (AvgIpc) is 3.00. The minimum absolute atomic E-state index is 0.0490. The van der Waals surface area contributed by atoms with Crippen LogP contribution in [0.3, 0.4) is 0 Å². The Morgan fingerprint density at radius 3 is 1.67 bits per heavy atom. The van der Waals surface area contributed by atoms with E-state index in [-0.39, 0.29) is 70.5 Å². The van der Waals surface area contributed by atoms with E-state index >= 15 is 0 Å². The number of hydrogen-bond acceptors (Lipinski definition) is 10. The van der Waals surface area contributed by atoms with Gasteiger partial charge in [-0.15, -0.1) is 0 Å². The van der Waals surface area contributed by atoms with Crippen molar-refractivity contribution in [1.82, 2.24) is 26.2 Å². The van der Waals surface area contributed by atoms with Gasteiger partial charge in [0.2, 0.25) is 11.8 Å². The number of nitrogens with one attached hydrogen (secondary N) is 4. The minimum Gasteiger partial charge on any atom is -0.461 e. The van der Waals surface area contributed by atoms with Crippen molar-refractivity contribution in [2.45, 2.75) is 130 Å². The van der Waals surface area contributed by atoms with E-state index in [0.29, 0.717) is 19.3 Å². The maximum Gasteiger partial charge on any atom is 0.408 e. The van der Waals surface area contributed by atoms with Crippen LogP contribution in [-0.4, -0.2) is 96.5 Å². The van der Waals surface area contributed by atoms with E-state index < -0.39 is 47.0 Å². The molecule has 1 aromatic carbocycles. The molecule has 1 rings (SSSR count). The fourth-order valence-electron chi connectivity index (χ4n) is 4.44. The summed E-state index contributed by atoms with van der Waals surface area (Å²) < 4.78 is 21.2. The third-order valence-electron chi connectivity index (χ3n) is 6.71. The van der Waals surface area contributed by atoms with Gasteiger partial charge in [0, 0.05) is 45.6 Å². The van der Waals surface area contributed by atoms with Gasteiger partial charge in [0.25, 0.3) is 0 Å². The Hall–Kier alpha value is -4.56. The molecule has 0 aromatic heterocycles. The highest BCUT2D eigenvalue weighted by Crippen LogP contribution is 2.11. The largest absolute Gasteiger partial charge is 0.461 e. The Bertz CT molecular complexity index is 1250. The second-order valence-electron chi connectivity index (χ2n) is 15.2. The van der Waals surface area contributed by atoms with Crippen LogP contribution in [0, 0.1) is 0 Å². The zero-order valence-corrected chi connectivity index (χ0v) is 32.5. The highest BCUT2D eigenvalue weighted by atomic mass is 16.6. The van der Waals surface area contributed by atoms with Crippen LogP contribution in [0.15, 0.2) is 30.3 Å². The van der Waals surface area contributed by atoms with Crippen molar-refractivity contribution < 1.29 is 47.7 Å². The molecule has 4 N–H and O–H groups in total. The van der Waals surface area contributed by atoms with Crippen molar-refractivity contribution in [2.24, 2.45) is 0 Å². The highest BCUT2D eigenvalue weighted by molar-refractivity contribution is 5.86. The van der Waals surface area contributed by atoms with Crippen molar-refractivity contribution in [2.75, 3.05) is 32.7 Å². The first kappa shape index (κ1) is 45.5. The van der Waals surface area contributed by atoms with E-state index in [4.69, 9.17) is 18.9 Å². The monoisotopic (exact) mass is 735 g/mol. The Kier molecular flexibility index (Phi) is 19.6. The summed E-state index contributed by atoms with van der Waals surface area (Å²) in [6.45, 7) is 16.3. The topological polar surface area (TPSA) is 191 Å². The lowest BCUT2D eigenvalue weighted by Crippen LogP contribution is -2.49. The SMILES string of the molecule is CC(C)(C)OC(=O)NCCN(CCNC(=O)OC(C)(C)C)C(=O)CC[C@H](NC(=O)OC(C)(C)C)C(=O)NCCCCCC(=O)OCc1ccccc1. The van der Waals surface area contributed by atoms with Crippen LogP contribution in [0.5, 0.6) is 0 Å². The highest BCUT2D eigenvalue weighted by Gasteiger charge is 2.26. The smallest absolute Gasteiger partial charge is 0.408 e. The molecule has 0 bridgehead atoms. The predicted molar refractivity (Wildman–Crippen MR) is 195 cm³/mol. The van der Waals surface area contributed by atoms with Gasteiger partial charge in [0.05, 0.1) is 0 Å². The molecule has 15 nitrogen and oxygen atoms in total. The van der Waals surface area contributed by atoms with Crippen LogP contribution in [-0.2, 0) is 39.9 Å². The lowest BCUT2D eigenvalue weighted by molar-refractivity contribution is -0.145. The van der Waals surface area contributed by atoms with Gasteiger partial charge < -0.3 is 45.1 Å². The van der Waals surface area contributed by atoms with Gasteiger partial charge in [0.1, 0.15) is 29.5 Å². The number of carbonyl (C=O) groups excluding carboxylic acids is 6. The average molecular weight is 736 g/mol. The maximum atomic E-state index is 13.4. The molecular formula is C37H61N5O10. The quantitative estimate of drug-likeness (QED) is 0.0859. The molecule has 1 aromatic rings. The normalized spacial score (nSPS) is 12.1. The molecule has 1 atom stereocenters. The van der Waals surface area contributed by atoms with Crippen LogP contribution < -0.4 is 21.3 Å². The number of unbranched alkanes of at least 4 members (excludes halogenated alkanes) is 2. The van der Waals surface area contributed by atoms with Gasteiger partial charge in [-0.25, -0.2) is 14.4 Å². The molecule has 0 radical (unpaired) electrons. The first-order chi connectivity index (χ1) is 24.1. The number of nitrogens with zero attached hydrogens (tertiary/aromatic N) is 1. The Morgan fingerprint density at radius 1 is 0.635 bits per heavy atom. The number of amides is 5. The van der Waals surface area contributed by atoms with Gasteiger partial charge >= 0.3 is 24.2 Å². The van der Waals surface area contributed by atoms with Gasteiger partial charge in [-0.05, 0) is 87.1 Å². The molecule has 52 heavy (non-hydrogen) atoms. The van der Waals surface area contributed by atoms with Crippen LogP contribution in [0.25, 0.3) is 0 Å². The van der Waals surface area contributed by atoms with Crippen molar-refractivity contribution in [3.05, 3.63) is 35.9 Å². The number of esters is 1. The molecule has 0 aliphatic heterocycles. The summed E-state index contributed by atoms with van der Waals surface area (Å²) in [5, 5.41) is 10.6. The number of benzene rings is 1. The summed E-state index contributed by atoms with van der Waals surface area (Å²) in [7, 11) is 0. The molecule has 0 saturated carbocycles. The number of ether oxygens (including phenoxy) is 4. The van der Waals surface area contributed by atoms with E-state index in [9.17, 15) is 28.8 Å². The van der Waals surface area contributed by atoms with Gasteiger partial charge in [-0.2, -0.15) is 0 Å². The maximum absolute atomic E-state index is 13.4. The van der Waals surface area contributed by atoms with Crippen LogP contribution >= 0.6 is 0 Å². The fourth-order valence-corrected chi connectivity index (χ4v) is 4.44. The lowest BCUT2D eigenvalue weighted by atomic mass is 10.1. The second-order valence-corrected chi connectivity index (χ2v) is 15.2. The molecule has 0 aliphatic rings. The van der Waals surface area contributed by atoms with Crippen molar-refractivity contribution in [1.29, 1.82) is 0 Å². The van der Waals surface area contributed by atoms with Crippen LogP contribution in [0.2, 0.25) is 0 Å². The molecule has 294 valence electrons. The van der Waals surface area contributed by atoms with E-state index in [0.717, 1.165) is 5.56 Å². The molecule has 5 amide bonds. The summed E-state index contributed by atoms with van der Waals surface area (Å²) in [6.07, 6.45) is -0.215. The third kappa shape index (κ3) is 23.8. The molecule has 0 aliphatic carbocycles. The zero-order chi connectivity index (χ0) is 39.4. The van der Waals surface area contributed by atoms with Crippen molar-refractivity contribution >= 4 is 36.1 Å². The summed E-state index contributed by atoms with van der Waals surface area (Å²) in [5.41, 5.74) is -1.32.